The number of hydrogen-bond acceptors (Lipinski definition) is 8. The number of amidine groups is 1. The average Bonchev–Trinajstić information content (AvgIpc) is 3.50. The van der Waals surface area contributed by atoms with Crippen molar-refractivity contribution in [2.24, 2.45) is 5.73 Å². The molecule has 0 bridgehead atoms. The predicted octanol–water partition coefficient (Wildman–Crippen LogP) is 7.00. The zero-order valence-electron chi connectivity index (χ0n) is 26.9. The lowest BCUT2D eigenvalue weighted by Gasteiger charge is -2.26. The monoisotopic (exact) mass is 731 g/mol. The molecule has 51 heavy (non-hydrogen) atoms. The normalized spacial score (nSPS) is 11.0. The Bertz CT molecular complexity index is 1750. The van der Waals surface area contributed by atoms with E-state index in [1.165, 1.54) is 0 Å². The van der Waals surface area contributed by atoms with Crippen molar-refractivity contribution in [1.82, 2.24) is 9.97 Å². The topological polar surface area (TPSA) is 195 Å². The van der Waals surface area contributed by atoms with Crippen LogP contribution in [-0.4, -0.2) is 68.1 Å². The van der Waals surface area contributed by atoms with Crippen molar-refractivity contribution in [2.45, 2.75) is 45.8 Å². The summed E-state index contributed by atoms with van der Waals surface area (Å²) in [6, 6.07) is 16.9. The van der Waals surface area contributed by atoms with Crippen LogP contribution in [0.1, 0.15) is 32.2 Å². The first kappa shape index (κ1) is 41.2. The van der Waals surface area contributed by atoms with Crippen LogP contribution in [0, 0.1) is 11.2 Å². The molecule has 0 radical (unpaired) electrons. The second kappa shape index (κ2) is 17.6. The van der Waals surface area contributed by atoms with Crippen LogP contribution < -0.4 is 20.1 Å². The average molecular weight is 732 g/mol. The number of aromatic amines is 1. The van der Waals surface area contributed by atoms with Gasteiger partial charge in [-0.1, -0.05) is 0 Å². The number of benzene rings is 3. The number of nitrogens with zero attached hydrogens (tertiary/aromatic N) is 2. The minimum Gasteiger partial charge on any atom is -0.508 e. The molecule has 12 nitrogen and oxygen atoms in total. The van der Waals surface area contributed by atoms with Gasteiger partial charge in [0.1, 0.15) is 23.2 Å². The number of halogens is 7. The van der Waals surface area contributed by atoms with E-state index in [-0.39, 0.29) is 35.7 Å². The number of nitrogens with two attached hydrogens (primary N) is 1. The summed E-state index contributed by atoms with van der Waals surface area (Å²) in [6.45, 7) is 6.13. The van der Waals surface area contributed by atoms with E-state index in [1.54, 1.807) is 71.8 Å². The number of ether oxygens (including phenoxy) is 2. The summed E-state index contributed by atoms with van der Waals surface area (Å²) >= 11 is 0. The molecule has 0 aliphatic rings. The maximum absolute atomic E-state index is 15.9. The van der Waals surface area contributed by atoms with Crippen LogP contribution in [0.25, 0.3) is 11.3 Å². The first-order valence-electron chi connectivity index (χ1n) is 14.4. The van der Waals surface area contributed by atoms with E-state index in [0.717, 1.165) is 11.3 Å². The molecule has 1 heterocycles. The van der Waals surface area contributed by atoms with Gasteiger partial charge >= 0.3 is 24.3 Å². The highest BCUT2D eigenvalue weighted by molar-refractivity contribution is 5.95. The lowest BCUT2D eigenvalue weighted by atomic mass is 10.1. The molecule has 276 valence electrons. The molecule has 0 unspecified atom stereocenters. The van der Waals surface area contributed by atoms with Crippen LogP contribution in [-0.2, 0) is 16.1 Å². The maximum atomic E-state index is 15.9. The number of phenols is 1. The minimum atomic E-state index is -5.08. The van der Waals surface area contributed by atoms with Crippen molar-refractivity contribution in [2.75, 3.05) is 11.5 Å². The minimum absolute atomic E-state index is 0.0557. The van der Waals surface area contributed by atoms with E-state index in [9.17, 15) is 31.4 Å². The number of imidazole rings is 1. The van der Waals surface area contributed by atoms with Crippen molar-refractivity contribution < 1.29 is 65.1 Å². The molecule has 0 fully saturated rings. The van der Waals surface area contributed by atoms with Gasteiger partial charge in [-0.2, -0.15) is 26.3 Å². The lowest BCUT2D eigenvalue weighted by Crippen LogP contribution is -2.21. The first-order chi connectivity index (χ1) is 23.6. The first-order valence-corrected chi connectivity index (χ1v) is 14.4. The number of aromatic nitrogens is 2. The maximum Gasteiger partial charge on any atom is 0.490 e. The molecule has 0 spiro atoms. The van der Waals surface area contributed by atoms with E-state index in [4.69, 9.17) is 40.4 Å². The van der Waals surface area contributed by atoms with E-state index >= 15 is 4.39 Å². The van der Waals surface area contributed by atoms with Crippen molar-refractivity contribution in [3.05, 3.63) is 84.1 Å². The third-order valence-corrected chi connectivity index (χ3v) is 6.05. The molecule has 0 amide bonds. The standard InChI is InChI=1S/C28H30FN5O3.2C2HF3O2/c1-4-36-22-13-24(27(29)25(14-22)37-17(2)3)34(20-9-5-19(6-10-20)28(30)31)16-26-32-15-23(33-26)18-7-11-21(35)12-8-18;2*3-2(4,5)1(6)7/h5-15,17,35H,4,16H2,1-3H3,(H3,30,31)(H,32,33);2*(H,6,7). The Balaban J connectivity index is 0.000000543. The third-order valence-electron chi connectivity index (χ3n) is 6.05. The molecule has 3 aromatic carbocycles. The van der Waals surface area contributed by atoms with Crippen molar-refractivity contribution in [3.63, 3.8) is 0 Å². The van der Waals surface area contributed by atoms with Gasteiger partial charge in [0.2, 0.25) is 0 Å². The Morgan fingerprint density at radius 1 is 0.961 bits per heavy atom. The Hall–Kier alpha value is -6.01. The third kappa shape index (κ3) is 12.8. The summed E-state index contributed by atoms with van der Waals surface area (Å²) in [7, 11) is 0. The molecular weight excluding hydrogens is 699 g/mol. The van der Waals surface area contributed by atoms with E-state index in [0.29, 0.717) is 29.4 Å². The van der Waals surface area contributed by atoms with Gasteiger partial charge in [-0.25, -0.2) is 19.0 Å². The Morgan fingerprint density at radius 2 is 1.49 bits per heavy atom. The zero-order chi connectivity index (χ0) is 38.7. The van der Waals surface area contributed by atoms with Crippen molar-refractivity contribution >= 4 is 29.1 Å². The van der Waals surface area contributed by atoms with Gasteiger partial charge in [-0.05, 0) is 74.9 Å². The van der Waals surface area contributed by atoms with Crippen LogP contribution >= 0.6 is 0 Å². The predicted molar refractivity (Wildman–Crippen MR) is 170 cm³/mol. The Kier molecular flexibility index (Phi) is 14.2. The second-order valence-corrected chi connectivity index (χ2v) is 10.3. The quantitative estimate of drug-likeness (QED) is 0.0562. The molecular formula is C32H32F7N5O7. The fraction of sp³-hybridized carbons (Fsp3) is 0.250. The van der Waals surface area contributed by atoms with Gasteiger partial charge in [-0.15, -0.1) is 0 Å². The van der Waals surface area contributed by atoms with Gasteiger partial charge in [0, 0.05) is 23.4 Å². The summed E-state index contributed by atoms with van der Waals surface area (Å²) < 4.78 is 90.8. The van der Waals surface area contributed by atoms with E-state index in [2.05, 4.69) is 9.97 Å². The fourth-order valence-corrected chi connectivity index (χ4v) is 3.86. The molecule has 0 saturated carbocycles. The lowest BCUT2D eigenvalue weighted by molar-refractivity contribution is -0.193. The molecule has 0 saturated heterocycles. The summed E-state index contributed by atoms with van der Waals surface area (Å²) in [5, 5.41) is 31.5. The smallest absolute Gasteiger partial charge is 0.490 e. The summed E-state index contributed by atoms with van der Waals surface area (Å²) in [6.07, 6.45) is -8.71. The SMILES string of the molecule is CCOc1cc(OC(C)C)c(F)c(N(Cc2ncc(-c3ccc(O)cc3)[nH]2)c2ccc(C(=N)N)cc2)c1.O=C(O)C(F)(F)F.O=C(O)C(F)(F)F. The number of rotatable bonds is 10. The van der Waals surface area contributed by atoms with Crippen molar-refractivity contribution in [1.29, 1.82) is 5.41 Å². The summed E-state index contributed by atoms with van der Waals surface area (Å²) in [5.41, 5.74) is 8.71. The Labute approximate surface area is 285 Å². The number of aliphatic carboxylic acids is 2. The molecule has 0 aliphatic heterocycles. The highest BCUT2D eigenvalue weighted by Gasteiger charge is 2.39. The number of phenolic OH excluding ortho intramolecular Hbond substituents is 1. The van der Waals surface area contributed by atoms with Crippen LogP contribution in [0.4, 0.5) is 42.1 Å². The zero-order valence-corrected chi connectivity index (χ0v) is 26.9. The molecule has 19 heteroatoms. The van der Waals surface area contributed by atoms with Crippen molar-refractivity contribution in [3.8, 4) is 28.5 Å². The van der Waals surface area contributed by atoms with E-state index in [1.807, 2.05) is 20.8 Å². The number of nitrogen functional groups attached to an aromatic ring is 1. The van der Waals surface area contributed by atoms with E-state index < -0.39 is 30.1 Å². The highest BCUT2D eigenvalue weighted by Crippen LogP contribution is 2.38. The van der Waals surface area contributed by atoms with Crippen LogP contribution in [0.2, 0.25) is 0 Å². The largest absolute Gasteiger partial charge is 0.508 e. The second-order valence-electron chi connectivity index (χ2n) is 10.3. The summed E-state index contributed by atoms with van der Waals surface area (Å²) in [5.74, 6) is -4.77. The van der Waals surface area contributed by atoms with Gasteiger partial charge in [-0.3, -0.25) is 5.41 Å². The number of aromatic hydroxyl groups is 1. The number of nitrogens with one attached hydrogen (secondary N) is 2. The number of anilines is 2. The highest BCUT2D eigenvalue weighted by atomic mass is 19.4. The number of carboxylic acids is 2. The molecule has 0 aliphatic carbocycles. The Morgan fingerprint density at radius 3 is 1.94 bits per heavy atom. The van der Waals surface area contributed by atoms with Gasteiger partial charge in [0.15, 0.2) is 11.6 Å². The molecule has 1 aromatic heterocycles. The van der Waals surface area contributed by atoms with Gasteiger partial charge in [0.05, 0.1) is 36.8 Å². The fourth-order valence-electron chi connectivity index (χ4n) is 3.86. The van der Waals surface area contributed by atoms with Crippen LogP contribution in [0.15, 0.2) is 66.9 Å². The number of carbonyl (C=O) groups is 2. The number of hydrogen-bond donors (Lipinski definition) is 6. The summed E-state index contributed by atoms with van der Waals surface area (Å²) in [4.78, 5) is 27.3. The molecule has 7 N–H and O–H groups in total. The van der Waals surface area contributed by atoms with Gasteiger partial charge < -0.3 is 40.4 Å². The van der Waals surface area contributed by atoms with Gasteiger partial charge in [0.25, 0.3) is 0 Å². The molecule has 4 aromatic rings. The van der Waals surface area contributed by atoms with Crippen LogP contribution in [0.3, 0.4) is 0 Å². The number of alkyl halides is 6. The molecule has 0 atom stereocenters. The van der Waals surface area contributed by atoms with Crippen LogP contribution in [0.5, 0.6) is 17.2 Å². The number of carboxylic acid groups (broad SMARTS) is 2. The number of H-pyrrole nitrogens is 1. The molecule has 4 rings (SSSR count).